The molecular weight excluding hydrogens is 659 g/mol. The molecule has 12 heteroatoms. The fourth-order valence-corrected chi connectivity index (χ4v) is 6.15. The van der Waals surface area contributed by atoms with E-state index in [9.17, 15) is 4.79 Å². The van der Waals surface area contributed by atoms with Gasteiger partial charge in [0.15, 0.2) is 0 Å². The first kappa shape index (κ1) is 35.1. The van der Waals surface area contributed by atoms with E-state index in [0.29, 0.717) is 17.8 Å². The lowest BCUT2D eigenvalue weighted by atomic mass is 10.1. The number of hydrazine groups is 3. The minimum atomic E-state index is -0.505. The van der Waals surface area contributed by atoms with Gasteiger partial charge in [-0.3, -0.25) is 10.9 Å². The normalized spacial score (nSPS) is 11.5. The van der Waals surface area contributed by atoms with Gasteiger partial charge in [0.25, 0.3) is 5.82 Å². The van der Waals surface area contributed by atoms with E-state index in [1.54, 1.807) is 0 Å². The second-order valence-electron chi connectivity index (χ2n) is 12.4. The number of hydrogen-bond acceptors (Lipinski definition) is 12. The Morgan fingerprint density at radius 1 is 0.706 bits per heavy atom. The summed E-state index contributed by atoms with van der Waals surface area (Å²) in [5.74, 6) is -0.445. The van der Waals surface area contributed by atoms with Gasteiger partial charge in [0.2, 0.25) is 5.13 Å². The molecule has 0 bridgehead atoms. The molecule has 0 spiro atoms. The predicted octanol–water partition coefficient (Wildman–Crippen LogP) is 10.0. The van der Waals surface area contributed by atoms with Crippen LogP contribution in [0.2, 0.25) is 0 Å². The molecule has 1 unspecified atom stereocenters. The first-order valence-electron chi connectivity index (χ1n) is 17.4. The summed E-state index contributed by atoms with van der Waals surface area (Å²) in [5.41, 5.74) is 26.7. The number of anilines is 7. The van der Waals surface area contributed by atoms with Crippen LogP contribution in [0.4, 0.5) is 39.3 Å². The van der Waals surface area contributed by atoms with Gasteiger partial charge in [-0.2, -0.15) is 9.36 Å². The number of carbonyl (C=O) groups excluding carboxylic acids is 1. The maximum Gasteiger partial charge on any atom is 0.377 e. The Labute approximate surface area is 302 Å². The largest absolute Gasteiger partial charge is 0.460 e. The third-order valence-electron chi connectivity index (χ3n) is 8.66. The number of aromatic nitrogens is 2. The Kier molecular flexibility index (Phi) is 11.5. The van der Waals surface area contributed by atoms with E-state index in [-0.39, 0.29) is 5.82 Å². The van der Waals surface area contributed by atoms with Crippen molar-refractivity contribution in [2.24, 2.45) is 0 Å². The zero-order chi connectivity index (χ0) is 35.6. The summed E-state index contributed by atoms with van der Waals surface area (Å²) in [6.45, 7) is 8.88. The smallest absolute Gasteiger partial charge is 0.377 e. The third-order valence-corrected chi connectivity index (χ3v) is 9.29. The molecular formula is C39H45N9O2S. The van der Waals surface area contributed by atoms with Crippen molar-refractivity contribution in [3.05, 3.63) is 102 Å². The lowest BCUT2D eigenvalue weighted by Crippen LogP contribution is -2.14. The van der Waals surface area contributed by atoms with Crippen molar-refractivity contribution in [1.29, 1.82) is 0 Å². The van der Waals surface area contributed by atoms with Crippen molar-refractivity contribution < 1.29 is 9.53 Å². The SMILES string of the molecule is CCCCCOC(=O)c1nsc(NNc2ccc(NNc3ccc(NNc4ccc(NC(C)CC)c5ccccc45)c4ccccc34)cc2C)n1. The fraction of sp³-hybridized carbons (Fsp3) is 0.256. The summed E-state index contributed by atoms with van der Waals surface area (Å²) in [7, 11) is 0. The molecule has 6 rings (SSSR count). The second-order valence-corrected chi connectivity index (χ2v) is 13.2. The molecule has 0 fully saturated rings. The van der Waals surface area contributed by atoms with E-state index in [2.05, 4.69) is 129 Å². The standard InChI is InChI=1S/C39H45N9O2S/c1-5-7-12-23-50-38(49)37-41-39(51-48-37)47-43-32-18-17-27(24-25(32)3)42-44-34-21-22-36(31-16-11-10-15-30(31)34)46-45-35-20-19-33(40-26(4)6-2)28-13-8-9-14-29(28)35/h8-11,13-22,24,26,40,42-46H,5-7,12,23H2,1-4H3,(H,41,47,48). The van der Waals surface area contributed by atoms with Crippen molar-refractivity contribution in [1.82, 2.24) is 9.36 Å². The molecule has 0 amide bonds. The highest BCUT2D eigenvalue weighted by Crippen LogP contribution is 2.33. The van der Waals surface area contributed by atoms with Gasteiger partial charge in [0.05, 0.1) is 35.0 Å². The molecule has 264 valence electrons. The van der Waals surface area contributed by atoms with Crippen LogP contribution in [0, 0.1) is 6.92 Å². The van der Waals surface area contributed by atoms with Gasteiger partial charge in [0, 0.05) is 44.8 Å². The molecule has 11 nitrogen and oxygen atoms in total. The lowest BCUT2D eigenvalue weighted by molar-refractivity contribution is 0.0485. The molecule has 0 radical (unpaired) electrons. The number of fused-ring (bicyclic) bond motifs is 2. The summed E-state index contributed by atoms with van der Waals surface area (Å²) in [5, 5.41) is 8.56. The number of aryl methyl sites for hydroxylation is 1. The van der Waals surface area contributed by atoms with Crippen LogP contribution in [-0.4, -0.2) is 28.0 Å². The van der Waals surface area contributed by atoms with Crippen LogP contribution in [0.25, 0.3) is 21.5 Å². The molecule has 5 aromatic carbocycles. The Morgan fingerprint density at radius 2 is 1.25 bits per heavy atom. The molecule has 0 saturated heterocycles. The van der Waals surface area contributed by atoms with Crippen molar-refractivity contribution in [2.45, 2.75) is 59.4 Å². The summed E-state index contributed by atoms with van der Waals surface area (Å²) in [6, 6.07) is 31.5. The number of rotatable bonds is 17. The van der Waals surface area contributed by atoms with E-state index in [1.807, 2.05) is 37.3 Å². The maximum atomic E-state index is 12.2. The van der Waals surface area contributed by atoms with Crippen LogP contribution in [0.5, 0.6) is 0 Å². The van der Waals surface area contributed by atoms with Gasteiger partial charge in [0.1, 0.15) is 0 Å². The molecule has 0 aliphatic heterocycles. The monoisotopic (exact) mass is 703 g/mol. The second kappa shape index (κ2) is 16.8. The summed E-state index contributed by atoms with van der Waals surface area (Å²) >= 11 is 1.09. The Bertz CT molecular complexity index is 2100. The quantitative estimate of drug-likeness (QED) is 0.0278. The number of esters is 1. The van der Waals surface area contributed by atoms with E-state index in [0.717, 1.165) is 93.1 Å². The molecule has 1 heterocycles. The van der Waals surface area contributed by atoms with Gasteiger partial charge in [-0.1, -0.05) is 75.2 Å². The summed E-state index contributed by atoms with van der Waals surface area (Å²) < 4.78 is 9.37. The van der Waals surface area contributed by atoms with E-state index in [4.69, 9.17) is 4.74 Å². The molecule has 6 aromatic rings. The average Bonchev–Trinajstić information content (AvgIpc) is 3.64. The van der Waals surface area contributed by atoms with Crippen LogP contribution in [0.1, 0.15) is 62.6 Å². The molecule has 0 saturated carbocycles. The predicted molar refractivity (Wildman–Crippen MR) is 214 cm³/mol. The van der Waals surface area contributed by atoms with Crippen LogP contribution in [-0.2, 0) is 4.74 Å². The lowest BCUT2D eigenvalue weighted by Gasteiger charge is -2.19. The zero-order valence-electron chi connectivity index (χ0n) is 29.4. The van der Waals surface area contributed by atoms with Gasteiger partial charge in [-0.25, -0.2) is 4.79 Å². The Hall–Kier alpha value is -5.75. The van der Waals surface area contributed by atoms with Crippen LogP contribution in [0.3, 0.4) is 0 Å². The van der Waals surface area contributed by atoms with E-state index in [1.165, 1.54) is 5.39 Å². The highest BCUT2D eigenvalue weighted by molar-refractivity contribution is 7.09. The molecule has 1 aromatic heterocycles. The number of unbranched alkanes of at least 4 members (excludes halogenated alkanes) is 2. The number of hydrogen-bond donors (Lipinski definition) is 7. The van der Waals surface area contributed by atoms with Crippen molar-refractivity contribution >= 4 is 78.3 Å². The van der Waals surface area contributed by atoms with E-state index >= 15 is 0 Å². The fourth-order valence-electron chi connectivity index (χ4n) is 5.63. The summed E-state index contributed by atoms with van der Waals surface area (Å²) in [6.07, 6.45) is 3.97. The average molecular weight is 704 g/mol. The molecule has 0 aliphatic carbocycles. The van der Waals surface area contributed by atoms with Crippen LogP contribution >= 0.6 is 11.5 Å². The minimum Gasteiger partial charge on any atom is -0.460 e. The van der Waals surface area contributed by atoms with Gasteiger partial charge in [-0.15, -0.1) is 0 Å². The van der Waals surface area contributed by atoms with Gasteiger partial charge >= 0.3 is 5.97 Å². The highest BCUT2D eigenvalue weighted by Gasteiger charge is 2.15. The number of benzene rings is 5. The van der Waals surface area contributed by atoms with Crippen molar-refractivity contribution in [3.8, 4) is 0 Å². The van der Waals surface area contributed by atoms with E-state index < -0.39 is 5.97 Å². The molecule has 51 heavy (non-hydrogen) atoms. The topological polar surface area (TPSA) is 136 Å². The minimum absolute atomic E-state index is 0.0595. The number of carbonyl (C=O) groups is 1. The first-order valence-corrected chi connectivity index (χ1v) is 18.2. The maximum absolute atomic E-state index is 12.2. The number of nitrogens with zero attached hydrogens (tertiary/aromatic N) is 2. The number of ether oxygens (including phenoxy) is 1. The Balaban J connectivity index is 1.07. The van der Waals surface area contributed by atoms with Crippen LogP contribution < -0.4 is 37.9 Å². The third kappa shape index (κ3) is 8.71. The molecule has 1 atom stereocenters. The molecule has 0 aliphatic rings. The van der Waals surface area contributed by atoms with Crippen molar-refractivity contribution in [3.63, 3.8) is 0 Å². The van der Waals surface area contributed by atoms with Crippen LogP contribution in [0.15, 0.2) is 91.0 Å². The van der Waals surface area contributed by atoms with Gasteiger partial charge < -0.3 is 31.8 Å². The number of nitrogens with one attached hydrogen (secondary N) is 7. The summed E-state index contributed by atoms with van der Waals surface area (Å²) in [4.78, 5) is 16.4. The van der Waals surface area contributed by atoms with Crippen molar-refractivity contribution in [2.75, 3.05) is 44.5 Å². The zero-order valence-corrected chi connectivity index (χ0v) is 30.2. The van der Waals surface area contributed by atoms with Gasteiger partial charge in [-0.05, 0) is 74.7 Å². The first-order chi connectivity index (χ1) is 24.9. The Morgan fingerprint density at radius 3 is 1.84 bits per heavy atom. The highest BCUT2D eigenvalue weighted by atomic mass is 32.1. The molecule has 7 N–H and O–H groups in total.